The predicted molar refractivity (Wildman–Crippen MR) is 60.6 cm³/mol. The molecule has 0 aromatic rings. The Hall–Kier alpha value is 0.400. The van der Waals surface area contributed by atoms with Gasteiger partial charge in [-0.25, -0.2) is 4.57 Å². The average molecular weight is 239 g/mol. The zero-order valence-corrected chi connectivity index (χ0v) is 8.11. The summed E-state index contributed by atoms with van der Waals surface area (Å²) in [6.45, 7) is 0. The molecule has 0 unspecified atom stereocenters. The van der Waals surface area contributed by atoms with E-state index in [0.717, 1.165) is 0 Å². The van der Waals surface area contributed by atoms with E-state index in [1.54, 1.807) is 0 Å². The first kappa shape index (κ1) is 29.2. The zero-order chi connectivity index (χ0) is 8.62. The van der Waals surface area contributed by atoms with E-state index in [1.807, 2.05) is 0 Å². The highest BCUT2D eigenvalue weighted by molar-refractivity contribution is 7.48. The molecule has 0 radical (unpaired) electrons. The highest BCUT2D eigenvalue weighted by Crippen LogP contribution is 2.46. The smallest absolute Gasteiger partial charge is 0.290 e. The van der Waals surface area contributed by atoms with Gasteiger partial charge >= 0.3 is 7.82 Å². The van der Waals surface area contributed by atoms with Gasteiger partial charge in [-0.3, -0.25) is 13.6 Å². The summed E-state index contributed by atoms with van der Waals surface area (Å²) in [7, 11) is 0.611. The first-order valence-corrected chi connectivity index (χ1v) is 4.55. The molecule has 0 aliphatic rings. The van der Waals surface area contributed by atoms with Crippen LogP contribution in [-0.2, 0) is 18.1 Å². The molecule has 0 amide bonds. The van der Waals surface area contributed by atoms with Crippen LogP contribution in [0.1, 0.15) is 22.3 Å². The summed E-state index contributed by atoms with van der Waals surface area (Å²) >= 11 is 4.64. The van der Waals surface area contributed by atoms with E-state index in [0.29, 0.717) is 0 Å². The summed E-state index contributed by atoms with van der Waals surface area (Å²) in [5.41, 5.74) is 0. The third-order valence-corrected chi connectivity index (χ3v) is 2.01. The standard InChI is InChI=1S/C3H9O4P.CH3Cl.3CH4/c1-5-8(4,6-2)7-3;1-2;;;/h1-3H3;1H3;3*1H4. The van der Waals surface area contributed by atoms with Crippen LogP contribution in [0.4, 0.5) is 0 Å². The molecular weight excluding hydrogens is 214 g/mol. The van der Waals surface area contributed by atoms with Crippen LogP contribution in [0.2, 0.25) is 0 Å². The minimum atomic E-state index is -3.16. The molecule has 0 N–H and O–H groups in total. The van der Waals surface area contributed by atoms with Gasteiger partial charge in [0, 0.05) is 27.7 Å². The largest absolute Gasteiger partial charge is 0.473 e. The molecular formula is C7H24ClO4P. The van der Waals surface area contributed by atoms with Crippen molar-refractivity contribution in [2.45, 2.75) is 22.3 Å². The molecule has 6 heteroatoms. The molecule has 0 aromatic carbocycles. The van der Waals surface area contributed by atoms with Crippen LogP contribution >= 0.6 is 19.4 Å². The fourth-order valence-electron chi connectivity index (χ4n) is 0.224. The van der Waals surface area contributed by atoms with E-state index < -0.39 is 7.82 Å². The average Bonchev–Trinajstić information content (AvgIpc) is 2.07. The fourth-order valence-corrected chi connectivity index (χ4v) is 0.671. The van der Waals surface area contributed by atoms with Gasteiger partial charge in [0.25, 0.3) is 0 Å². The molecule has 0 spiro atoms. The maximum absolute atomic E-state index is 10.7. The van der Waals surface area contributed by atoms with Crippen LogP contribution in [0, 0.1) is 0 Å². The predicted octanol–water partition coefficient (Wildman–Crippen LogP) is 3.80. The van der Waals surface area contributed by atoms with Crippen LogP contribution in [-0.4, -0.2) is 27.7 Å². The molecule has 0 aromatic heterocycles. The Balaban J connectivity index is -0.0000000398. The number of hydrogen-bond acceptors (Lipinski definition) is 4. The van der Waals surface area contributed by atoms with E-state index in [1.165, 1.54) is 27.7 Å². The molecule has 0 bridgehead atoms. The number of phosphoric acid groups is 1. The zero-order valence-electron chi connectivity index (χ0n) is 6.46. The summed E-state index contributed by atoms with van der Waals surface area (Å²) in [5, 5.41) is 0. The van der Waals surface area contributed by atoms with Gasteiger partial charge in [0.05, 0.1) is 0 Å². The van der Waals surface area contributed by atoms with E-state index >= 15 is 0 Å². The SMILES string of the molecule is C.C.C.CCl.COP(=O)(OC)OC. The lowest BCUT2D eigenvalue weighted by molar-refractivity contribution is 0.178. The molecule has 0 fully saturated rings. The Morgan fingerprint density at radius 2 is 1.00 bits per heavy atom. The molecule has 0 saturated carbocycles. The second-order valence-corrected chi connectivity index (χ2v) is 2.98. The Morgan fingerprint density at radius 1 is 0.846 bits per heavy atom. The van der Waals surface area contributed by atoms with Crippen molar-refractivity contribution in [3.63, 3.8) is 0 Å². The Morgan fingerprint density at radius 3 is 1.00 bits per heavy atom. The summed E-state index contributed by atoms with van der Waals surface area (Å²) in [5.74, 6) is 0. The second-order valence-electron chi connectivity index (χ2n) is 0.995. The van der Waals surface area contributed by atoms with E-state index in [2.05, 4.69) is 25.2 Å². The van der Waals surface area contributed by atoms with Crippen LogP contribution in [0.3, 0.4) is 0 Å². The number of alkyl halides is 1. The van der Waals surface area contributed by atoms with Crippen LogP contribution in [0.5, 0.6) is 0 Å². The molecule has 0 atom stereocenters. The quantitative estimate of drug-likeness (QED) is 0.554. The lowest BCUT2D eigenvalue weighted by atomic mass is 11.8. The van der Waals surface area contributed by atoms with Crippen molar-refractivity contribution >= 4 is 19.4 Å². The van der Waals surface area contributed by atoms with Crippen molar-refractivity contribution in [3.8, 4) is 0 Å². The highest BCUT2D eigenvalue weighted by Gasteiger charge is 2.18. The van der Waals surface area contributed by atoms with E-state index in [9.17, 15) is 4.57 Å². The molecule has 0 aliphatic carbocycles. The van der Waals surface area contributed by atoms with Crippen molar-refractivity contribution in [1.82, 2.24) is 0 Å². The summed E-state index contributed by atoms with van der Waals surface area (Å²) < 4.78 is 23.7. The van der Waals surface area contributed by atoms with Gasteiger partial charge in [-0.1, -0.05) is 22.3 Å². The molecule has 0 rings (SSSR count). The van der Waals surface area contributed by atoms with Crippen molar-refractivity contribution in [2.24, 2.45) is 0 Å². The third kappa shape index (κ3) is 15.2. The van der Waals surface area contributed by atoms with Gasteiger partial charge in [-0.15, -0.1) is 11.6 Å². The van der Waals surface area contributed by atoms with Gasteiger partial charge in [0.15, 0.2) is 0 Å². The lowest BCUT2D eigenvalue weighted by Gasteiger charge is -2.08. The Bertz CT molecular complexity index is 91.6. The summed E-state index contributed by atoms with van der Waals surface area (Å²) in [6, 6.07) is 0. The molecule has 0 saturated heterocycles. The Kier molecular flexibility index (Phi) is 41.0. The van der Waals surface area contributed by atoms with E-state index in [-0.39, 0.29) is 22.3 Å². The molecule has 4 nitrogen and oxygen atoms in total. The number of halogens is 1. The maximum atomic E-state index is 10.7. The summed E-state index contributed by atoms with van der Waals surface area (Å²) in [4.78, 5) is 0. The van der Waals surface area contributed by atoms with Crippen molar-refractivity contribution in [3.05, 3.63) is 0 Å². The topological polar surface area (TPSA) is 44.8 Å². The van der Waals surface area contributed by atoms with Gasteiger partial charge in [0.1, 0.15) is 0 Å². The molecule has 0 aliphatic heterocycles. The number of hydrogen-bond donors (Lipinski definition) is 0. The molecule has 88 valence electrons. The molecule has 0 heterocycles. The highest BCUT2D eigenvalue weighted by atomic mass is 35.5. The van der Waals surface area contributed by atoms with Gasteiger partial charge in [-0.2, -0.15) is 0 Å². The van der Waals surface area contributed by atoms with Gasteiger partial charge < -0.3 is 0 Å². The monoisotopic (exact) mass is 238 g/mol. The van der Waals surface area contributed by atoms with Crippen LogP contribution in [0.15, 0.2) is 0 Å². The van der Waals surface area contributed by atoms with Crippen LogP contribution in [0.25, 0.3) is 0 Å². The normalized spacial score (nSPS) is 7.77. The first-order valence-electron chi connectivity index (χ1n) is 2.33. The maximum Gasteiger partial charge on any atom is 0.473 e. The molecule has 13 heavy (non-hydrogen) atoms. The number of rotatable bonds is 3. The van der Waals surface area contributed by atoms with Gasteiger partial charge in [-0.05, 0) is 0 Å². The minimum Gasteiger partial charge on any atom is -0.290 e. The summed E-state index contributed by atoms with van der Waals surface area (Å²) in [6.07, 6.45) is 1.47. The van der Waals surface area contributed by atoms with E-state index in [4.69, 9.17) is 0 Å². The van der Waals surface area contributed by atoms with Gasteiger partial charge in [0.2, 0.25) is 0 Å². The Labute approximate surface area is 88.1 Å². The minimum absolute atomic E-state index is 0. The number of phosphoric ester groups is 1. The lowest BCUT2D eigenvalue weighted by Crippen LogP contribution is -1.88. The van der Waals surface area contributed by atoms with Crippen LogP contribution < -0.4 is 0 Å². The first-order chi connectivity index (χ1) is 4.68. The van der Waals surface area contributed by atoms with Crippen molar-refractivity contribution < 1.29 is 18.1 Å². The van der Waals surface area contributed by atoms with Crippen molar-refractivity contribution in [2.75, 3.05) is 27.7 Å². The fraction of sp³-hybridized carbons (Fsp3) is 1.00. The third-order valence-electron chi connectivity index (χ3n) is 0.671. The van der Waals surface area contributed by atoms with Crippen molar-refractivity contribution in [1.29, 1.82) is 0 Å². The second kappa shape index (κ2) is 18.2.